The lowest BCUT2D eigenvalue weighted by Crippen LogP contribution is -2.47. The van der Waals surface area contributed by atoms with E-state index in [0.29, 0.717) is 24.0 Å². The van der Waals surface area contributed by atoms with Crippen LogP contribution < -0.4 is 21.1 Å². The predicted molar refractivity (Wildman–Crippen MR) is 77.6 cm³/mol. The van der Waals surface area contributed by atoms with Crippen LogP contribution in [-0.2, 0) is 11.3 Å². The van der Waals surface area contributed by atoms with Crippen LogP contribution in [0.5, 0.6) is 5.75 Å². The molecule has 2 heterocycles. The lowest BCUT2D eigenvalue weighted by atomic mass is 10.1. The molecule has 0 fully saturated rings. The number of nitrogens with zero attached hydrogens (tertiary/aromatic N) is 2. The summed E-state index contributed by atoms with van der Waals surface area (Å²) in [7, 11) is 0. The van der Waals surface area contributed by atoms with Crippen LogP contribution in [0, 0.1) is 0 Å². The number of fused-ring (bicyclic) bond motifs is 1. The van der Waals surface area contributed by atoms with E-state index in [9.17, 15) is 4.79 Å². The Morgan fingerprint density at radius 3 is 3.00 bits per heavy atom. The van der Waals surface area contributed by atoms with Crippen molar-refractivity contribution in [3.63, 3.8) is 0 Å². The molecule has 1 aromatic carbocycles. The molecule has 6 nitrogen and oxygen atoms in total. The number of carbonyl (C=O) groups is 1. The summed E-state index contributed by atoms with van der Waals surface area (Å²) in [6, 6.07) is 7.56. The zero-order valence-corrected chi connectivity index (χ0v) is 11.5. The highest BCUT2D eigenvalue weighted by Gasteiger charge is 2.29. The number of ether oxygens (including phenoxy) is 1. The third-order valence-corrected chi connectivity index (χ3v) is 3.82. The molecule has 20 heavy (non-hydrogen) atoms. The molecule has 0 saturated heterocycles. The number of rotatable bonds is 3. The molecule has 1 aromatic heterocycles. The fraction of sp³-hybridized carbons (Fsp3) is 0.231. The number of hydrogen-bond donors (Lipinski definition) is 2. The summed E-state index contributed by atoms with van der Waals surface area (Å²) < 4.78 is 5.61. The molecule has 0 spiro atoms. The van der Waals surface area contributed by atoms with E-state index in [1.165, 1.54) is 11.3 Å². The minimum atomic E-state index is -0.652. The standard InChI is InChI=1S/C13H14N4O2S/c14-12(18)11-6-17(5-8-7-20-13(15)16-8)9-3-1-2-4-10(9)19-11/h1-4,7,11H,5-6H2,(H2,14,18)(H2,15,16). The van der Waals surface area contributed by atoms with Crippen molar-refractivity contribution >= 4 is 28.1 Å². The van der Waals surface area contributed by atoms with Crippen molar-refractivity contribution in [2.24, 2.45) is 5.73 Å². The summed E-state index contributed by atoms with van der Waals surface area (Å²) in [5.74, 6) is 0.188. The van der Waals surface area contributed by atoms with Gasteiger partial charge in [-0.15, -0.1) is 11.3 Å². The first-order valence-electron chi connectivity index (χ1n) is 6.13. The first-order valence-corrected chi connectivity index (χ1v) is 7.01. The van der Waals surface area contributed by atoms with Gasteiger partial charge in [0.2, 0.25) is 0 Å². The van der Waals surface area contributed by atoms with E-state index in [1.807, 2.05) is 34.5 Å². The summed E-state index contributed by atoms with van der Waals surface area (Å²) in [5, 5.41) is 2.44. The second-order valence-corrected chi connectivity index (χ2v) is 5.42. The van der Waals surface area contributed by atoms with Crippen LogP contribution in [-0.4, -0.2) is 23.5 Å². The Morgan fingerprint density at radius 2 is 2.30 bits per heavy atom. The average molecular weight is 290 g/mol. The number of thiazole rings is 1. The van der Waals surface area contributed by atoms with E-state index in [2.05, 4.69) is 4.98 Å². The highest BCUT2D eigenvalue weighted by atomic mass is 32.1. The largest absolute Gasteiger partial charge is 0.477 e. The lowest BCUT2D eigenvalue weighted by molar-refractivity contribution is -0.124. The molecule has 0 radical (unpaired) electrons. The normalized spacial score (nSPS) is 17.4. The van der Waals surface area contributed by atoms with Crippen LogP contribution in [0.15, 0.2) is 29.6 Å². The van der Waals surface area contributed by atoms with Crippen molar-refractivity contribution in [2.45, 2.75) is 12.6 Å². The zero-order valence-electron chi connectivity index (χ0n) is 10.7. The van der Waals surface area contributed by atoms with E-state index in [4.69, 9.17) is 16.2 Å². The van der Waals surface area contributed by atoms with E-state index in [1.54, 1.807) is 0 Å². The number of hydrogen-bond acceptors (Lipinski definition) is 6. The number of carbonyl (C=O) groups excluding carboxylic acids is 1. The summed E-state index contributed by atoms with van der Waals surface area (Å²) >= 11 is 1.40. The van der Waals surface area contributed by atoms with Gasteiger partial charge < -0.3 is 21.1 Å². The summed E-state index contributed by atoms with van der Waals surface area (Å²) in [5.41, 5.74) is 12.8. The van der Waals surface area contributed by atoms with Crippen molar-refractivity contribution in [3.8, 4) is 5.75 Å². The smallest absolute Gasteiger partial charge is 0.260 e. The maximum absolute atomic E-state index is 11.4. The fourth-order valence-electron chi connectivity index (χ4n) is 2.20. The summed E-state index contributed by atoms with van der Waals surface area (Å²) in [6.45, 7) is 0.974. The van der Waals surface area contributed by atoms with Crippen molar-refractivity contribution < 1.29 is 9.53 Å². The van der Waals surface area contributed by atoms with Gasteiger partial charge in [-0.1, -0.05) is 12.1 Å². The number of para-hydroxylation sites is 2. The van der Waals surface area contributed by atoms with Crippen molar-refractivity contribution in [2.75, 3.05) is 17.2 Å². The van der Waals surface area contributed by atoms with Gasteiger partial charge in [0.15, 0.2) is 11.2 Å². The molecule has 1 amide bonds. The maximum atomic E-state index is 11.4. The number of amides is 1. The number of primary amides is 1. The van der Waals surface area contributed by atoms with E-state index in [0.717, 1.165) is 11.4 Å². The molecular weight excluding hydrogens is 276 g/mol. The SMILES string of the molecule is NC(=O)C1CN(Cc2csc(N)n2)c2ccccc2O1. The second-order valence-electron chi connectivity index (χ2n) is 4.53. The van der Waals surface area contributed by atoms with Gasteiger partial charge in [0.1, 0.15) is 5.75 Å². The first-order chi connectivity index (χ1) is 9.63. The minimum Gasteiger partial charge on any atom is -0.477 e. The van der Waals surface area contributed by atoms with Gasteiger partial charge in [0.25, 0.3) is 5.91 Å². The van der Waals surface area contributed by atoms with E-state index >= 15 is 0 Å². The second kappa shape index (κ2) is 5.01. The first kappa shape index (κ1) is 12.7. The average Bonchev–Trinajstić information content (AvgIpc) is 2.84. The molecule has 3 rings (SSSR count). The monoisotopic (exact) mass is 290 g/mol. The molecule has 104 valence electrons. The van der Waals surface area contributed by atoms with Crippen LogP contribution in [0.25, 0.3) is 0 Å². The molecule has 1 atom stereocenters. The van der Waals surface area contributed by atoms with Gasteiger partial charge in [-0.25, -0.2) is 4.98 Å². The third-order valence-electron chi connectivity index (χ3n) is 3.10. The Labute approximate surface area is 120 Å². The van der Waals surface area contributed by atoms with Gasteiger partial charge in [-0.05, 0) is 12.1 Å². The number of aromatic nitrogens is 1. The van der Waals surface area contributed by atoms with Gasteiger partial charge in [0.05, 0.1) is 24.5 Å². The predicted octanol–water partition coefficient (Wildman–Crippen LogP) is 0.978. The minimum absolute atomic E-state index is 0.407. The maximum Gasteiger partial charge on any atom is 0.260 e. The molecule has 0 aliphatic carbocycles. The van der Waals surface area contributed by atoms with Crippen molar-refractivity contribution in [1.82, 2.24) is 4.98 Å². The number of nitrogen functional groups attached to an aromatic ring is 1. The topological polar surface area (TPSA) is 94.5 Å². The van der Waals surface area contributed by atoms with Crippen LogP contribution in [0.1, 0.15) is 5.69 Å². The molecule has 1 unspecified atom stereocenters. The highest BCUT2D eigenvalue weighted by Crippen LogP contribution is 2.34. The third kappa shape index (κ3) is 2.39. The van der Waals surface area contributed by atoms with Gasteiger partial charge in [-0.2, -0.15) is 0 Å². The Kier molecular flexibility index (Phi) is 3.19. The van der Waals surface area contributed by atoms with Gasteiger partial charge >= 0.3 is 0 Å². The Balaban J connectivity index is 1.90. The molecule has 0 bridgehead atoms. The molecule has 1 aliphatic rings. The zero-order chi connectivity index (χ0) is 14.1. The van der Waals surface area contributed by atoms with Crippen molar-refractivity contribution in [1.29, 1.82) is 0 Å². The lowest BCUT2D eigenvalue weighted by Gasteiger charge is -2.34. The summed E-state index contributed by atoms with van der Waals surface area (Å²) in [4.78, 5) is 17.7. The molecular formula is C13H14N4O2S. The van der Waals surface area contributed by atoms with E-state index < -0.39 is 12.0 Å². The molecule has 7 heteroatoms. The van der Waals surface area contributed by atoms with Crippen LogP contribution in [0.2, 0.25) is 0 Å². The Morgan fingerprint density at radius 1 is 1.50 bits per heavy atom. The van der Waals surface area contributed by atoms with Gasteiger partial charge in [-0.3, -0.25) is 4.79 Å². The van der Waals surface area contributed by atoms with Crippen LogP contribution in [0.4, 0.5) is 10.8 Å². The number of nitrogens with two attached hydrogens (primary N) is 2. The van der Waals surface area contributed by atoms with Crippen LogP contribution in [0.3, 0.4) is 0 Å². The summed E-state index contributed by atoms with van der Waals surface area (Å²) in [6.07, 6.45) is -0.652. The number of anilines is 2. The van der Waals surface area contributed by atoms with Crippen molar-refractivity contribution in [3.05, 3.63) is 35.3 Å². The molecule has 1 aliphatic heterocycles. The highest BCUT2D eigenvalue weighted by molar-refractivity contribution is 7.13. The van der Waals surface area contributed by atoms with E-state index in [-0.39, 0.29) is 0 Å². The molecule has 0 saturated carbocycles. The quantitative estimate of drug-likeness (QED) is 0.878. The van der Waals surface area contributed by atoms with Crippen LogP contribution >= 0.6 is 11.3 Å². The molecule has 4 N–H and O–H groups in total. The molecule has 2 aromatic rings. The fourth-order valence-corrected chi connectivity index (χ4v) is 2.75. The number of benzene rings is 1. The Bertz CT molecular complexity index is 643. The van der Waals surface area contributed by atoms with Gasteiger partial charge in [0, 0.05) is 5.38 Å². The Hall–Kier alpha value is -2.28.